The molecule has 0 radical (unpaired) electrons. The molecule has 1 amide bonds. The molecule has 0 saturated heterocycles. The first-order valence-corrected chi connectivity index (χ1v) is 21.2. The molecule has 8 rings (SSSR count). The van der Waals surface area contributed by atoms with Crippen molar-refractivity contribution >= 4 is 55.3 Å². The first-order valence-electron chi connectivity index (χ1n) is 19.0. The number of ether oxygens (including phenoxy) is 1. The molecule has 14 nitrogen and oxygen atoms in total. The Labute approximate surface area is 368 Å². The van der Waals surface area contributed by atoms with Crippen molar-refractivity contribution in [2.75, 3.05) is 17.6 Å². The van der Waals surface area contributed by atoms with Crippen LogP contribution < -0.4 is 20.3 Å². The second-order valence-electron chi connectivity index (χ2n) is 15.5. The van der Waals surface area contributed by atoms with Gasteiger partial charge < -0.3 is 10.1 Å². The number of anilines is 1. The van der Waals surface area contributed by atoms with E-state index in [-0.39, 0.29) is 39.4 Å². The van der Waals surface area contributed by atoms with Gasteiger partial charge in [0.05, 0.1) is 44.7 Å². The molecule has 0 aliphatic heterocycles. The van der Waals surface area contributed by atoms with Crippen LogP contribution in [-0.4, -0.2) is 73.4 Å². The van der Waals surface area contributed by atoms with E-state index in [4.69, 9.17) is 11.6 Å². The highest BCUT2D eigenvalue weighted by molar-refractivity contribution is 7.92. The molecule has 2 aliphatic carbocycles. The molecule has 0 bridgehead atoms. The Morgan fingerprint density at radius 1 is 1.06 bits per heavy atom. The van der Waals surface area contributed by atoms with E-state index in [1.165, 1.54) is 19.2 Å². The summed E-state index contributed by atoms with van der Waals surface area (Å²) in [5.74, 6) is -15.8. The smallest absolute Gasteiger partial charge is 0.456 e. The average molecular weight is 980 g/mol. The van der Waals surface area contributed by atoms with Crippen LogP contribution in [0.5, 0.6) is 5.88 Å². The average Bonchev–Trinajstić information content (AvgIpc) is 3.62. The number of rotatable bonds is 14. The van der Waals surface area contributed by atoms with Crippen LogP contribution in [0.15, 0.2) is 59.9 Å². The van der Waals surface area contributed by atoms with E-state index in [9.17, 15) is 57.5 Å². The molecule has 0 unspecified atom stereocenters. The second kappa shape index (κ2) is 15.7. The molecule has 66 heavy (non-hydrogen) atoms. The summed E-state index contributed by atoms with van der Waals surface area (Å²) in [5, 5.41) is 9.52. The van der Waals surface area contributed by atoms with Crippen molar-refractivity contribution in [3.05, 3.63) is 110 Å². The van der Waals surface area contributed by atoms with Gasteiger partial charge in [0.1, 0.15) is 35.4 Å². The molecule has 2 N–H and O–H groups in total. The lowest BCUT2D eigenvalue weighted by Gasteiger charge is -2.25. The predicted octanol–water partition coefficient (Wildman–Crippen LogP) is 7.55. The van der Waals surface area contributed by atoms with Gasteiger partial charge >= 0.3 is 12.1 Å². The third-order valence-electron chi connectivity index (χ3n) is 11.1. The van der Waals surface area contributed by atoms with Crippen LogP contribution in [0.3, 0.4) is 0 Å². The number of alkyl halides is 9. The highest BCUT2D eigenvalue weighted by Gasteiger charge is 2.77. The molecule has 3 atom stereocenters. The number of nitrogens with zero attached hydrogens (tertiary/aromatic N) is 7. The van der Waals surface area contributed by atoms with E-state index < -0.39 is 134 Å². The number of aromatic nitrogens is 7. The molecule has 2 aliphatic rings. The molecule has 4 aromatic heterocycles. The molecular formula is C39H29ClF11N9O5S. The first-order chi connectivity index (χ1) is 30.7. The number of sulfonamides is 1. The summed E-state index contributed by atoms with van der Waals surface area (Å²) >= 11 is 6.52. The van der Waals surface area contributed by atoms with Gasteiger partial charge in [0.2, 0.25) is 21.8 Å². The maximum absolute atomic E-state index is 16.0. The van der Waals surface area contributed by atoms with Gasteiger partial charge in [-0.05, 0) is 42.3 Å². The number of fused-ring (bicyclic) bond motifs is 5. The molecule has 2 aromatic carbocycles. The normalized spacial score (nSPS) is 18.4. The molecule has 1 fully saturated rings. The number of nitrogens with one attached hydrogen (secondary N) is 2. The van der Waals surface area contributed by atoms with Crippen LogP contribution in [0.25, 0.3) is 27.6 Å². The van der Waals surface area contributed by atoms with Crippen molar-refractivity contribution in [1.82, 2.24) is 39.4 Å². The maximum atomic E-state index is 16.0. The van der Waals surface area contributed by atoms with Crippen LogP contribution in [0, 0.1) is 17.0 Å². The third kappa shape index (κ3) is 7.75. The Kier molecular flexibility index (Phi) is 11.0. The molecule has 0 spiro atoms. The number of carbonyl (C=O) groups is 1. The van der Waals surface area contributed by atoms with Crippen molar-refractivity contribution in [3.8, 4) is 11.6 Å². The Bertz CT molecular complexity index is 3170. The number of hydrogen-bond donors (Lipinski definition) is 2. The Hall–Kier alpha value is -6.31. The summed E-state index contributed by atoms with van der Waals surface area (Å²) < 4.78 is 190. The Balaban J connectivity index is 1.33. The van der Waals surface area contributed by atoms with Gasteiger partial charge in [0.15, 0.2) is 18.1 Å². The highest BCUT2D eigenvalue weighted by Crippen LogP contribution is 2.77. The van der Waals surface area contributed by atoms with Gasteiger partial charge in [-0.25, -0.2) is 31.0 Å². The van der Waals surface area contributed by atoms with Crippen molar-refractivity contribution in [3.63, 3.8) is 0 Å². The molecular weight excluding hydrogens is 951 g/mol. The number of hydrogen-bond acceptors (Lipinski definition) is 9. The lowest BCUT2D eigenvalue weighted by molar-refractivity contribution is -0.290. The lowest BCUT2D eigenvalue weighted by atomic mass is 9.99. The van der Waals surface area contributed by atoms with Gasteiger partial charge in [-0.2, -0.15) is 45.9 Å². The molecule has 4 heterocycles. The van der Waals surface area contributed by atoms with Gasteiger partial charge in [-0.1, -0.05) is 17.7 Å². The minimum atomic E-state index is -6.04. The number of benzene rings is 2. The van der Waals surface area contributed by atoms with Crippen molar-refractivity contribution in [1.29, 1.82) is 0 Å². The van der Waals surface area contributed by atoms with E-state index in [0.29, 0.717) is 10.7 Å². The van der Waals surface area contributed by atoms with Gasteiger partial charge in [0.25, 0.3) is 17.9 Å². The fraction of sp³-hybridized carbons (Fsp3) is 0.333. The zero-order valence-electron chi connectivity index (χ0n) is 33.5. The van der Waals surface area contributed by atoms with Crippen molar-refractivity contribution < 1.29 is 66.2 Å². The topological polar surface area (TPSA) is 168 Å². The summed E-state index contributed by atoms with van der Waals surface area (Å²) in [4.78, 5) is 37.1. The fourth-order valence-corrected chi connectivity index (χ4v) is 8.93. The van der Waals surface area contributed by atoms with Crippen molar-refractivity contribution in [2.24, 2.45) is 12.5 Å². The quantitative estimate of drug-likeness (QED) is 0.0828. The number of carbonyl (C=O) groups excluding carboxylic acids is 1. The minimum Gasteiger partial charge on any atom is -0.471 e. The number of aryl methyl sites for hydroxylation is 1. The van der Waals surface area contributed by atoms with E-state index in [2.05, 4.69) is 41.5 Å². The van der Waals surface area contributed by atoms with Gasteiger partial charge in [-0.15, -0.1) is 6.58 Å². The maximum Gasteiger partial charge on any atom is 0.456 e. The van der Waals surface area contributed by atoms with Crippen molar-refractivity contribution in [2.45, 2.75) is 55.8 Å². The van der Waals surface area contributed by atoms with Gasteiger partial charge in [0, 0.05) is 37.1 Å². The van der Waals surface area contributed by atoms with Crippen LogP contribution in [0.4, 0.5) is 54.1 Å². The number of amides is 1. The molecule has 27 heteroatoms. The monoisotopic (exact) mass is 979 g/mol. The Morgan fingerprint density at radius 3 is 2.36 bits per heavy atom. The molecule has 350 valence electrons. The largest absolute Gasteiger partial charge is 0.471 e. The van der Waals surface area contributed by atoms with E-state index in [0.717, 1.165) is 45.8 Å². The van der Waals surface area contributed by atoms with Crippen LogP contribution >= 0.6 is 11.6 Å². The predicted molar refractivity (Wildman–Crippen MR) is 211 cm³/mol. The third-order valence-corrected chi connectivity index (χ3v) is 12.0. The standard InChI is InChI=1S/C39H29ClF11N9O5S/c1-4-36-13-20(36)26-28(31(43)44)55-59(30(26)38(36,47)48)14-24(61)52-22(11-16-9-17(41)12-18(42)10-16)34-54-32-19(5-8-25(53-32)65-15-37(45,46)39(49,50)51)35(62)60(34)23-7-6-21(40)27-29(23)58(2)56-33(27)57-66(3,63)64/h4-10,12,20,22,31H,1,11,13-15H2,2-3H3,(H,52,61)(H,56,57)/t20-,22+,36-/m1/s1. The first kappa shape index (κ1) is 46.2. The van der Waals surface area contributed by atoms with Crippen LogP contribution in [0.2, 0.25) is 5.02 Å². The lowest BCUT2D eigenvalue weighted by Crippen LogP contribution is -2.41. The fourth-order valence-electron chi connectivity index (χ4n) is 8.20. The number of pyridine rings is 1. The molecule has 1 saturated carbocycles. The summed E-state index contributed by atoms with van der Waals surface area (Å²) in [6.07, 6.45) is -8.61. The zero-order valence-corrected chi connectivity index (χ0v) is 35.1. The minimum absolute atomic E-state index is 0.106. The summed E-state index contributed by atoms with van der Waals surface area (Å²) in [6.45, 7) is -0.0212. The van der Waals surface area contributed by atoms with E-state index in [1.807, 2.05) is 0 Å². The van der Waals surface area contributed by atoms with Crippen LogP contribution in [-0.2, 0) is 40.8 Å². The SMILES string of the molecule is C=C[C@@]12C[C@@H]1c1c(C(F)F)nn(CC(=O)N[C@@H](Cc3cc(F)cc(F)c3)c3nc4nc(OCC(F)(F)C(F)(F)F)ccc4c(=O)n3-c3ccc(Cl)c4c(NS(C)(=O)=O)nn(C)c34)c1C2(F)F. The molecule has 6 aromatic rings. The highest BCUT2D eigenvalue weighted by atomic mass is 35.5. The number of halogens is 12. The second-order valence-corrected chi connectivity index (χ2v) is 17.7. The Morgan fingerprint density at radius 2 is 1.74 bits per heavy atom. The van der Waals surface area contributed by atoms with Gasteiger partial charge in [-0.3, -0.25) is 28.2 Å². The summed E-state index contributed by atoms with van der Waals surface area (Å²) in [6, 6.07) is 4.30. The van der Waals surface area contributed by atoms with E-state index >= 15 is 8.78 Å². The summed E-state index contributed by atoms with van der Waals surface area (Å²) in [5.41, 5.74) is -6.85. The van der Waals surface area contributed by atoms with Crippen LogP contribution in [0.1, 0.15) is 53.1 Å². The number of allylic oxidation sites excluding steroid dienone is 1. The summed E-state index contributed by atoms with van der Waals surface area (Å²) in [7, 11) is -2.74. The zero-order chi connectivity index (χ0) is 48.2. The van der Waals surface area contributed by atoms with E-state index in [1.54, 1.807) is 0 Å².